The molecule has 0 aromatic rings. The van der Waals surface area contributed by atoms with E-state index < -0.39 is 0 Å². The van der Waals surface area contributed by atoms with Crippen molar-refractivity contribution in [1.29, 1.82) is 0 Å². The van der Waals surface area contributed by atoms with E-state index >= 15 is 0 Å². The van der Waals surface area contributed by atoms with Crippen molar-refractivity contribution in [2.75, 3.05) is 13.1 Å². The fourth-order valence-electron chi connectivity index (χ4n) is 1.92. The molecule has 1 heteroatoms. The van der Waals surface area contributed by atoms with E-state index in [2.05, 4.69) is 38.8 Å². The zero-order valence-electron chi connectivity index (χ0n) is 9.14. The molecule has 1 unspecified atom stereocenters. The molecule has 0 N–H and O–H groups in total. The van der Waals surface area contributed by atoms with E-state index in [9.17, 15) is 0 Å². The Morgan fingerprint density at radius 3 is 2.62 bits per heavy atom. The van der Waals surface area contributed by atoms with Crippen LogP contribution >= 0.6 is 0 Å². The summed E-state index contributed by atoms with van der Waals surface area (Å²) < 4.78 is 0. The van der Waals surface area contributed by atoms with Gasteiger partial charge in [0, 0.05) is 18.8 Å². The van der Waals surface area contributed by atoms with E-state index in [1.807, 2.05) is 0 Å². The highest BCUT2D eigenvalue weighted by Gasteiger charge is 2.20. The van der Waals surface area contributed by atoms with Crippen LogP contribution < -0.4 is 0 Å². The molecule has 0 saturated carbocycles. The van der Waals surface area contributed by atoms with Crippen LogP contribution in [0.3, 0.4) is 0 Å². The molecule has 0 aromatic heterocycles. The fraction of sp³-hybridized carbons (Fsp3) is 0.667. The third kappa shape index (κ3) is 2.61. The summed E-state index contributed by atoms with van der Waals surface area (Å²) in [5, 5.41) is 0. The van der Waals surface area contributed by atoms with Gasteiger partial charge in [0.05, 0.1) is 0 Å². The molecule has 1 aliphatic rings. The quantitative estimate of drug-likeness (QED) is 0.589. The summed E-state index contributed by atoms with van der Waals surface area (Å²) in [6, 6.07) is 0. The van der Waals surface area contributed by atoms with Gasteiger partial charge in [0.2, 0.25) is 0 Å². The number of nitrogens with zero attached hydrogens (tertiary/aromatic N) is 1. The molecule has 1 heterocycles. The summed E-state index contributed by atoms with van der Waals surface area (Å²) in [7, 11) is 0. The normalized spacial score (nSPS) is 23.8. The molecule has 13 heavy (non-hydrogen) atoms. The van der Waals surface area contributed by atoms with Gasteiger partial charge in [-0.2, -0.15) is 0 Å². The van der Waals surface area contributed by atoms with Gasteiger partial charge in [-0.05, 0) is 18.3 Å². The minimum Gasteiger partial charge on any atom is -0.371 e. The molecular formula is C12H21N. The first-order valence-electron chi connectivity index (χ1n) is 5.11. The lowest BCUT2D eigenvalue weighted by Crippen LogP contribution is -2.35. The molecule has 0 aromatic carbocycles. The molecule has 0 radical (unpaired) electrons. The number of likely N-dealkylation sites (tertiary alicyclic amines) is 1. The summed E-state index contributed by atoms with van der Waals surface area (Å²) in [6.45, 7) is 17.0. The second-order valence-electron chi connectivity index (χ2n) is 4.59. The summed E-state index contributed by atoms with van der Waals surface area (Å²) in [5.41, 5.74) is 2.60. The van der Waals surface area contributed by atoms with Crippen molar-refractivity contribution in [3.05, 3.63) is 24.4 Å². The second-order valence-corrected chi connectivity index (χ2v) is 4.59. The van der Waals surface area contributed by atoms with Crippen LogP contribution in [0.15, 0.2) is 24.4 Å². The van der Waals surface area contributed by atoms with Gasteiger partial charge in [-0.15, -0.1) is 0 Å². The number of rotatable bonds is 2. The Bertz CT molecular complexity index is 215. The van der Waals surface area contributed by atoms with Gasteiger partial charge in [-0.3, -0.25) is 0 Å². The first-order valence-corrected chi connectivity index (χ1v) is 5.11. The highest BCUT2D eigenvalue weighted by Crippen LogP contribution is 2.24. The lowest BCUT2D eigenvalue weighted by atomic mass is 9.95. The minimum atomic E-state index is 0.554. The molecular weight excluding hydrogens is 158 g/mol. The average Bonchev–Trinajstić information content (AvgIpc) is 2.01. The summed E-state index contributed by atoms with van der Waals surface area (Å²) >= 11 is 0. The highest BCUT2D eigenvalue weighted by molar-refractivity contribution is 5.09. The standard InChI is InChI=1S/C12H21N/c1-9(2)12(5)13-7-10(3)6-11(4)8-13/h9,11H,3,5-8H2,1-2,4H3. The van der Waals surface area contributed by atoms with Crippen molar-refractivity contribution in [3.63, 3.8) is 0 Å². The van der Waals surface area contributed by atoms with Gasteiger partial charge >= 0.3 is 0 Å². The molecule has 0 bridgehead atoms. The van der Waals surface area contributed by atoms with Crippen molar-refractivity contribution < 1.29 is 0 Å². The van der Waals surface area contributed by atoms with Crippen molar-refractivity contribution in [3.8, 4) is 0 Å². The van der Waals surface area contributed by atoms with E-state index in [-0.39, 0.29) is 0 Å². The van der Waals surface area contributed by atoms with Crippen LogP contribution in [0.1, 0.15) is 27.2 Å². The topological polar surface area (TPSA) is 3.24 Å². The van der Waals surface area contributed by atoms with Crippen molar-refractivity contribution in [2.45, 2.75) is 27.2 Å². The Labute approximate surface area is 82.1 Å². The summed E-state index contributed by atoms with van der Waals surface area (Å²) in [6.07, 6.45) is 1.18. The van der Waals surface area contributed by atoms with Crippen LogP contribution in [0.4, 0.5) is 0 Å². The van der Waals surface area contributed by atoms with Crippen LogP contribution in [-0.2, 0) is 0 Å². The number of piperidine rings is 1. The van der Waals surface area contributed by atoms with Crippen molar-refractivity contribution in [2.24, 2.45) is 11.8 Å². The predicted molar refractivity (Wildman–Crippen MR) is 58.5 cm³/mol. The SMILES string of the molecule is C=C1CC(C)CN(C(=C)C(C)C)C1. The zero-order valence-corrected chi connectivity index (χ0v) is 9.14. The fourth-order valence-corrected chi connectivity index (χ4v) is 1.92. The molecule has 0 amide bonds. The molecule has 1 atom stereocenters. The zero-order chi connectivity index (χ0) is 10.0. The van der Waals surface area contributed by atoms with Gasteiger partial charge in [-0.25, -0.2) is 0 Å². The predicted octanol–water partition coefficient (Wildman–Crippen LogP) is 3.05. The van der Waals surface area contributed by atoms with Gasteiger partial charge in [-0.1, -0.05) is 39.5 Å². The van der Waals surface area contributed by atoms with Crippen LogP contribution in [0.25, 0.3) is 0 Å². The summed E-state index contributed by atoms with van der Waals surface area (Å²) in [5.74, 6) is 1.29. The largest absolute Gasteiger partial charge is 0.371 e. The Morgan fingerprint density at radius 1 is 1.54 bits per heavy atom. The summed E-state index contributed by atoms with van der Waals surface area (Å²) in [4.78, 5) is 2.38. The number of hydrogen-bond acceptors (Lipinski definition) is 1. The maximum absolute atomic E-state index is 4.13. The molecule has 1 rings (SSSR count). The van der Waals surface area contributed by atoms with E-state index in [4.69, 9.17) is 0 Å². The van der Waals surface area contributed by atoms with Crippen LogP contribution in [0.2, 0.25) is 0 Å². The molecule has 74 valence electrons. The maximum atomic E-state index is 4.13. The second kappa shape index (κ2) is 3.99. The molecule has 1 nitrogen and oxygen atoms in total. The highest BCUT2D eigenvalue weighted by atomic mass is 15.1. The van der Waals surface area contributed by atoms with Crippen LogP contribution in [0, 0.1) is 11.8 Å². The Hall–Kier alpha value is -0.720. The monoisotopic (exact) mass is 179 g/mol. The van der Waals surface area contributed by atoms with Gasteiger partial charge in [0.25, 0.3) is 0 Å². The van der Waals surface area contributed by atoms with Gasteiger partial charge < -0.3 is 4.90 Å². The Morgan fingerprint density at radius 2 is 2.15 bits per heavy atom. The van der Waals surface area contributed by atoms with E-state index in [0.29, 0.717) is 5.92 Å². The first kappa shape index (κ1) is 10.4. The van der Waals surface area contributed by atoms with E-state index in [1.54, 1.807) is 0 Å². The first-order chi connectivity index (χ1) is 6.00. The third-order valence-electron chi connectivity index (χ3n) is 2.66. The molecule has 1 fully saturated rings. The van der Waals surface area contributed by atoms with Crippen molar-refractivity contribution >= 4 is 0 Å². The Balaban J connectivity index is 2.60. The number of allylic oxidation sites excluding steroid dienone is 1. The smallest absolute Gasteiger partial charge is 0.0383 e. The Kier molecular flexibility index (Phi) is 3.18. The van der Waals surface area contributed by atoms with Crippen LogP contribution in [-0.4, -0.2) is 18.0 Å². The van der Waals surface area contributed by atoms with Gasteiger partial charge in [0.15, 0.2) is 0 Å². The molecule has 0 aliphatic carbocycles. The van der Waals surface area contributed by atoms with Crippen LogP contribution in [0.5, 0.6) is 0 Å². The maximum Gasteiger partial charge on any atom is 0.0383 e. The van der Waals surface area contributed by atoms with E-state index in [0.717, 1.165) is 19.0 Å². The van der Waals surface area contributed by atoms with E-state index in [1.165, 1.54) is 17.7 Å². The third-order valence-corrected chi connectivity index (χ3v) is 2.66. The lowest BCUT2D eigenvalue weighted by molar-refractivity contribution is 0.255. The molecule has 1 saturated heterocycles. The lowest BCUT2D eigenvalue weighted by Gasteiger charge is -2.36. The van der Waals surface area contributed by atoms with Gasteiger partial charge in [0.1, 0.15) is 0 Å². The molecule has 1 aliphatic heterocycles. The number of hydrogen-bond donors (Lipinski definition) is 0. The van der Waals surface area contributed by atoms with Crippen molar-refractivity contribution in [1.82, 2.24) is 4.90 Å². The minimum absolute atomic E-state index is 0.554. The molecule has 0 spiro atoms. The average molecular weight is 179 g/mol.